The van der Waals surface area contributed by atoms with Crippen LogP contribution < -0.4 is 0 Å². The third-order valence-electron chi connectivity index (χ3n) is 7.13. The number of benzene rings is 1. The summed E-state index contributed by atoms with van der Waals surface area (Å²) in [5.41, 5.74) is 6.67. The number of amides is 1. The molecule has 3 heterocycles. The molecule has 0 saturated carbocycles. The van der Waals surface area contributed by atoms with Gasteiger partial charge in [-0.2, -0.15) is 5.10 Å². The van der Waals surface area contributed by atoms with Crippen LogP contribution >= 0.6 is 0 Å². The molecule has 1 unspecified atom stereocenters. The highest BCUT2D eigenvalue weighted by Crippen LogP contribution is 2.44. The van der Waals surface area contributed by atoms with Gasteiger partial charge in [0.25, 0.3) is 0 Å². The Balaban J connectivity index is 1.34. The summed E-state index contributed by atoms with van der Waals surface area (Å²) in [5, 5.41) is 7.38. The molecule has 1 aliphatic carbocycles. The third-order valence-corrected chi connectivity index (χ3v) is 7.13. The highest BCUT2D eigenvalue weighted by Gasteiger charge is 2.44. The molecule has 1 saturated heterocycles. The number of hydrogen-bond acceptors (Lipinski definition) is 4. The van der Waals surface area contributed by atoms with Gasteiger partial charge < -0.3 is 4.90 Å². The maximum absolute atomic E-state index is 13.1. The first-order valence-corrected chi connectivity index (χ1v) is 11.3. The molecule has 2 aliphatic rings. The van der Waals surface area contributed by atoms with Crippen molar-refractivity contribution in [2.75, 3.05) is 13.1 Å². The summed E-state index contributed by atoms with van der Waals surface area (Å²) in [6.45, 7) is 5.69. The van der Waals surface area contributed by atoms with Crippen molar-refractivity contribution in [3.05, 3.63) is 64.7 Å². The Kier molecular flexibility index (Phi) is 5.08. The number of nitrogens with zero attached hydrogens (tertiary/aromatic N) is 4. The van der Waals surface area contributed by atoms with Gasteiger partial charge >= 0.3 is 0 Å². The zero-order chi connectivity index (χ0) is 21.4. The maximum atomic E-state index is 13.1. The molecular weight excluding hydrogens is 386 g/mol. The second-order valence-electron chi connectivity index (χ2n) is 9.05. The van der Waals surface area contributed by atoms with Gasteiger partial charge in [-0.3, -0.25) is 9.89 Å². The van der Waals surface area contributed by atoms with E-state index in [-0.39, 0.29) is 11.3 Å². The van der Waals surface area contributed by atoms with Gasteiger partial charge in [-0.15, -0.1) is 0 Å². The summed E-state index contributed by atoms with van der Waals surface area (Å²) in [6, 6.07) is 10.2. The predicted molar refractivity (Wildman–Crippen MR) is 120 cm³/mol. The summed E-state index contributed by atoms with van der Waals surface area (Å²) < 4.78 is 0. The minimum atomic E-state index is -0.0332. The molecular formula is C25H29N5O. The fraction of sp³-hybridized carbons (Fsp3) is 0.440. The molecule has 160 valence electrons. The number of likely N-dealkylation sites (tertiary alicyclic amines) is 1. The molecule has 1 aromatic carbocycles. The van der Waals surface area contributed by atoms with Crippen molar-refractivity contribution in [2.24, 2.45) is 0 Å². The summed E-state index contributed by atoms with van der Waals surface area (Å²) in [7, 11) is 0. The van der Waals surface area contributed by atoms with E-state index in [2.05, 4.69) is 39.1 Å². The predicted octanol–water partition coefficient (Wildman–Crippen LogP) is 3.92. The van der Waals surface area contributed by atoms with Gasteiger partial charge in [0.2, 0.25) is 5.91 Å². The van der Waals surface area contributed by atoms with Gasteiger partial charge in [-0.1, -0.05) is 30.3 Å². The number of hydrogen-bond donors (Lipinski definition) is 1. The number of H-pyrrole nitrogens is 1. The molecule has 1 aliphatic heterocycles. The maximum Gasteiger partial charge on any atom is 0.222 e. The smallest absolute Gasteiger partial charge is 0.222 e. The van der Waals surface area contributed by atoms with E-state index in [1.54, 1.807) is 0 Å². The molecule has 6 nitrogen and oxygen atoms in total. The molecule has 1 atom stereocenters. The Morgan fingerprint density at radius 2 is 2.03 bits per heavy atom. The van der Waals surface area contributed by atoms with Crippen LogP contribution in [0.2, 0.25) is 0 Å². The Morgan fingerprint density at radius 1 is 1.19 bits per heavy atom. The Morgan fingerprint density at radius 3 is 2.81 bits per heavy atom. The van der Waals surface area contributed by atoms with E-state index in [0.29, 0.717) is 12.8 Å². The topological polar surface area (TPSA) is 74.8 Å². The lowest BCUT2D eigenvalue weighted by Gasteiger charge is -2.40. The lowest BCUT2D eigenvalue weighted by Crippen LogP contribution is -2.48. The highest BCUT2D eigenvalue weighted by atomic mass is 16.2. The largest absolute Gasteiger partial charge is 0.342 e. The van der Waals surface area contributed by atoms with Crippen LogP contribution in [0, 0.1) is 13.8 Å². The van der Waals surface area contributed by atoms with Crippen LogP contribution in [0.15, 0.2) is 36.5 Å². The molecule has 3 aromatic rings. The van der Waals surface area contributed by atoms with Crippen LogP contribution in [0.4, 0.5) is 0 Å². The first-order valence-electron chi connectivity index (χ1n) is 11.3. The Bertz CT molecular complexity index is 1100. The van der Waals surface area contributed by atoms with Gasteiger partial charge in [-0.05, 0) is 50.7 Å². The van der Waals surface area contributed by atoms with Gasteiger partial charge in [0.15, 0.2) is 5.82 Å². The van der Waals surface area contributed by atoms with Crippen molar-refractivity contribution in [1.29, 1.82) is 0 Å². The summed E-state index contributed by atoms with van der Waals surface area (Å²) in [4.78, 5) is 24.8. The number of aromatic nitrogens is 4. The average Bonchev–Trinajstić information content (AvgIpc) is 3.32. The van der Waals surface area contributed by atoms with E-state index >= 15 is 0 Å². The van der Waals surface area contributed by atoms with Crippen LogP contribution in [-0.4, -0.2) is 44.1 Å². The van der Waals surface area contributed by atoms with Crippen LogP contribution in [-0.2, 0) is 23.1 Å². The molecule has 1 amide bonds. The van der Waals surface area contributed by atoms with Crippen molar-refractivity contribution in [2.45, 2.75) is 57.8 Å². The first-order chi connectivity index (χ1) is 15.1. The number of rotatable bonds is 4. The monoisotopic (exact) mass is 415 g/mol. The standard InChI is InChI=1S/C25H29N5O/c1-17-18(2)28-29-21(17)9-10-22(31)30-14-6-12-25(16-30)13-11-20-15-26-24(27-23(20)25)19-7-4-3-5-8-19/h3-5,7-8,15H,6,9-14,16H2,1-2H3,(H,28,29). The summed E-state index contributed by atoms with van der Waals surface area (Å²) in [5.74, 6) is 1.01. The number of piperidine rings is 1. The molecule has 1 fully saturated rings. The molecule has 0 radical (unpaired) electrons. The Labute approximate surface area is 183 Å². The lowest BCUT2D eigenvalue weighted by molar-refractivity contribution is -0.133. The van der Waals surface area contributed by atoms with Gasteiger partial charge in [0, 0.05) is 48.8 Å². The zero-order valence-electron chi connectivity index (χ0n) is 18.3. The zero-order valence-corrected chi connectivity index (χ0v) is 18.3. The van der Waals surface area contributed by atoms with Crippen molar-refractivity contribution in [3.8, 4) is 11.4 Å². The minimum absolute atomic E-state index is 0.0332. The second-order valence-corrected chi connectivity index (χ2v) is 9.05. The summed E-state index contributed by atoms with van der Waals surface area (Å²) in [6.07, 6.45) is 7.36. The van der Waals surface area contributed by atoms with Crippen LogP contribution in [0.5, 0.6) is 0 Å². The number of nitrogens with one attached hydrogen (secondary N) is 1. The highest BCUT2D eigenvalue weighted by molar-refractivity contribution is 5.77. The first kappa shape index (κ1) is 19.9. The molecule has 31 heavy (non-hydrogen) atoms. The van der Waals surface area contributed by atoms with Crippen molar-refractivity contribution in [3.63, 3.8) is 0 Å². The number of aromatic amines is 1. The number of fused-ring (bicyclic) bond motifs is 2. The number of carbonyl (C=O) groups excluding carboxylic acids is 1. The number of carbonyl (C=O) groups is 1. The second kappa shape index (κ2) is 7.91. The van der Waals surface area contributed by atoms with Gasteiger partial charge in [0.1, 0.15) is 0 Å². The number of aryl methyl sites for hydroxylation is 3. The quantitative estimate of drug-likeness (QED) is 0.701. The van der Waals surface area contributed by atoms with E-state index in [1.165, 1.54) is 5.56 Å². The molecule has 0 bridgehead atoms. The minimum Gasteiger partial charge on any atom is -0.342 e. The fourth-order valence-corrected chi connectivity index (χ4v) is 5.17. The van der Waals surface area contributed by atoms with Crippen molar-refractivity contribution in [1.82, 2.24) is 25.1 Å². The fourth-order valence-electron chi connectivity index (χ4n) is 5.17. The van der Waals surface area contributed by atoms with Crippen LogP contribution in [0.3, 0.4) is 0 Å². The Hall–Kier alpha value is -3.02. The van der Waals surface area contributed by atoms with E-state index in [4.69, 9.17) is 4.98 Å². The van der Waals surface area contributed by atoms with E-state index in [9.17, 15) is 4.79 Å². The molecule has 5 rings (SSSR count). The molecule has 2 aromatic heterocycles. The van der Waals surface area contributed by atoms with E-state index in [0.717, 1.165) is 72.8 Å². The third kappa shape index (κ3) is 3.64. The summed E-state index contributed by atoms with van der Waals surface area (Å²) >= 11 is 0. The van der Waals surface area contributed by atoms with Gasteiger partial charge in [-0.25, -0.2) is 9.97 Å². The molecule has 6 heteroatoms. The average molecular weight is 416 g/mol. The van der Waals surface area contributed by atoms with Crippen LogP contribution in [0.25, 0.3) is 11.4 Å². The van der Waals surface area contributed by atoms with E-state index < -0.39 is 0 Å². The molecule has 1 spiro atoms. The molecule has 1 N–H and O–H groups in total. The van der Waals surface area contributed by atoms with Crippen molar-refractivity contribution < 1.29 is 4.79 Å². The van der Waals surface area contributed by atoms with Crippen LogP contribution in [0.1, 0.15) is 53.9 Å². The van der Waals surface area contributed by atoms with Crippen molar-refractivity contribution >= 4 is 5.91 Å². The van der Waals surface area contributed by atoms with Gasteiger partial charge in [0.05, 0.1) is 11.4 Å². The normalized spacial score (nSPS) is 20.3. The SMILES string of the molecule is Cc1[nH]nc(CCC(=O)N2CCCC3(CCc4cnc(-c5ccccc5)nc43)C2)c1C. The van der Waals surface area contributed by atoms with E-state index in [1.807, 2.05) is 31.3 Å². The lowest BCUT2D eigenvalue weighted by atomic mass is 9.77.